The summed E-state index contributed by atoms with van der Waals surface area (Å²) in [5, 5.41) is 23.5. The first-order valence-electron chi connectivity index (χ1n) is 12.0. The van der Waals surface area contributed by atoms with Gasteiger partial charge in [-0.15, -0.1) is 0 Å². The summed E-state index contributed by atoms with van der Waals surface area (Å²) in [7, 11) is 0. The number of aromatic amines is 1. The topological polar surface area (TPSA) is 59.5 Å². The second-order valence-electron chi connectivity index (χ2n) is 10.1. The normalized spacial score (nSPS) is 24.6. The number of rotatable bonds is 4. The molecule has 0 radical (unpaired) electrons. The molecule has 3 N–H and O–H groups in total. The zero-order valence-electron chi connectivity index (χ0n) is 19.1. The molecule has 2 atom stereocenters. The number of aromatic nitrogens is 1. The molecule has 1 aromatic heterocycles. The zero-order valence-corrected chi connectivity index (χ0v) is 19.1. The fourth-order valence-electron chi connectivity index (χ4n) is 6.32. The molecule has 2 heterocycles. The van der Waals surface area contributed by atoms with Crippen LogP contribution in [-0.2, 0) is 24.7 Å². The van der Waals surface area contributed by atoms with E-state index in [1.54, 1.807) is 24.3 Å². The lowest BCUT2D eigenvalue weighted by Crippen LogP contribution is -2.66. The molecule has 0 saturated carbocycles. The Morgan fingerprint density at radius 2 is 1.82 bits per heavy atom. The Labute approximate surface area is 198 Å². The molecule has 4 aromatic rings. The number of aromatic hydroxyl groups is 1. The summed E-state index contributed by atoms with van der Waals surface area (Å²) in [5.74, 6) is -0.0514. The van der Waals surface area contributed by atoms with Gasteiger partial charge in [0.15, 0.2) is 0 Å². The van der Waals surface area contributed by atoms with Crippen LogP contribution in [0.3, 0.4) is 0 Å². The molecule has 1 saturated heterocycles. The van der Waals surface area contributed by atoms with Crippen molar-refractivity contribution in [3.05, 3.63) is 101 Å². The minimum Gasteiger partial charge on any atom is -0.508 e. The van der Waals surface area contributed by atoms with Gasteiger partial charge in [0.1, 0.15) is 11.6 Å². The Bertz CT molecular complexity index is 1350. The van der Waals surface area contributed by atoms with Crippen molar-refractivity contribution in [3.63, 3.8) is 0 Å². The van der Waals surface area contributed by atoms with Crippen LogP contribution < -0.4 is 0 Å². The Hall–Kier alpha value is -3.15. The Morgan fingerprint density at radius 3 is 2.65 bits per heavy atom. The summed E-state index contributed by atoms with van der Waals surface area (Å²) in [6.45, 7) is 2.28. The average molecular weight is 457 g/mol. The number of likely N-dealkylation sites (tertiary alicyclic amines) is 1. The summed E-state index contributed by atoms with van der Waals surface area (Å²) < 4.78 is 14.1. The molecule has 1 aliphatic heterocycles. The second-order valence-corrected chi connectivity index (χ2v) is 10.1. The molecular weight excluding hydrogens is 427 g/mol. The van der Waals surface area contributed by atoms with Gasteiger partial charge in [-0.25, -0.2) is 4.39 Å². The highest BCUT2D eigenvalue weighted by atomic mass is 19.1. The van der Waals surface area contributed by atoms with Gasteiger partial charge in [0, 0.05) is 47.9 Å². The number of fused-ring (bicyclic) bond motifs is 4. The number of phenols is 1. The van der Waals surface area contributed by atoms with Crippen molar-refractivity contribution in [3.8, 4) is 5.75 Å². The number of nitrogens with zero attached hydrogens (tertiary/aromatic N) is 1. The van der Waals surface area contributed by atoms with Gasteiger partial charge in [-0.3, -0.25) is 0 Å². The van der Waals surface area contributed by atoms with E-state index >= 15 is 0 Å². The average Bonchev–Trinajstić information content (AvgIpc) is 3.17. The molecule has 1 fully saturated rings. The van der Waals surface area contributed by atoms with Crippen molar-refractivity contribution in [2.45, 2.75) is 36.7 Å². The highest BCUT2D eigenvalue weighted by molar-refractivity contribution is 5.85. The van der Waals surface area contributed by atoms with E-state index in [9.17, 15) is 14.6 Å². The molecule has 0 bridgehead atoms. The largest absolute Gasteiger partial charge is 0.508 e. The number of H-pyrrole nitrogens is 1. The first-order chi connectivity index (χ1) is 16.5. The van der Waals surface area contributed by atoms with Crippen molar-refractivity contribution in [1.29, 1.82) is 0 Å². The van der Waals surface area contributed by atoms with Crippen molar-refractivity contribution in [1.82, 2.24) is 9.88 Å². The van der Waals surface area contributed by atoms with Gasteiger partial charge >= 0.3 is 0 Å². The molecule has 2 unspecified atom stereocenters. The van der Waals surface area contributed by atoms with Gasteiger partial charge < -0.3 is 20.1 Å². The lowest BCUT2D eigenvalue weighted by atomic mass is 9.56. The number of β-amino-alcohol motifs (C(OH)–C–C–N with tert-alkyl or cyclic N) is 1. The SMILES string of the molecule is Oc1cccc(C23CCN(CCc4ccccc4)CC2(O)Cc2c([nH]c4ccc(F)cc24)C3)c1. The molecule has 1 aliphatic carbocycles. The molecule has 0 spiro atoms. The summed E-state index contributed by atoms with van der Waals surface area (Å²) in [6.07, 6.45) is 2.79. The fraction of sp³-hybridized carbons (Fsp3) is 0.310. The zero-order chi connectivity index (χ0) is 23.3. The van der Waals surface area contributed by atoms with Crippen LogP contribution in [0.15, 0.2) is 72.8 Å². The third kappa shape index (κ3) is 3.42. The van der Waals surface area contributed by atoms with E-state index < -0.39 is 11.0 Å². The van der Waals surface area contributed by atoms with Crippen molar-refractivity contribution < 1.29 is 14.6 Å². The summed E-state index contributed by atoms with van der Waals surface area (Å²) >= 11 is 0. The summed E-state index contributed by atoms with van der Waals surface area (Å²) in [4.78, 5) is 5.86. The number of hydrogen-bond acceptors (Lipinski definition) is 3. The highest BCUT2D eigenvalue weighted by Gasteiger charge is 2.57. The smallest absolute Gasteiger partial charge is 0.123 e. The second kappa shape index (κ2) is 7.97. The number of nitrogens with one attached hydrogen (secondary N) is 1. The van der Waals surface area contributed by atoms with Crippen LogP contribution in [0, 0.1) is 5.82 Å². The third-order valence-corrected chi connectivity index (χ3v) is 8.09. The van der Waals surface area contributed by atoms with Crippen LogP contribution in [-0.4, -0.2) is 45.3 Å². The van der Waals surface area contributed by atoms with E-state index in [0.717, 1.165) is 53.7 Å². The van der Waals surface area contributed by atoms with Gasteiger partial charge in [-0.1, -0.05) is 42.5 Å². The highest BCUT2D eigenvalue weighted by Crippen LogP contribution is 2.51. The van der Waals surface area contributed by atoms with E-state index in [1.807, 2.05) is 18.2 Å². The van der Waals surface area contributed by atoms with E-state index in [4.69, 9.17) is 0 Å². The maximum atomic E-state index is 14.1. The van der Waals surface area contributed by atoms with Gasteiger partial charge in [0.2, 0.25) is 0 Å². The number of phenolic OH excluding ortho intramolecular Hbond substituents is 1. The number of piperidine rings is 1. The predicted molar refractivity (Wildman–Crippen MR) is 132 cm³/mol. The minimum absolute atomic E-state index is 0.213. The van der Waals surface area contributed by atoms with E-state index in [0.29, 0.717) is 19.4 Å². The first-order valence-corrected chi connectivity index (χ1v) is 12.0. The first kappa shape index (κ1) is 21.4. The Balaban J connectivity index is 1.40. The maximum Gasteiger partial charge on any atom is 0.123 e. The standard InChI is InChI=1S/C29H29FN2O2/c30-22-9-10-26-24(16-22)25-17-29(34)19-32(13-11-20-5-2-1-3-6-20)14-12-28(29,18-27(25)31-26)21-7-4-8-23(33)15-21/h1-10,15-16,31,33-34H,11-14,17-19H2. The van der Waals surface area contributed by atoms with Crippen LogP contribution in [0.2, 0.25) is 0 Å². The molecule has 5 heteroatoms. The predicted octanol–water partition coefficient (Wildman–Crippen LogP) is 4.73. The van der Waals surface area contributed by atoms with Crippen LogP contribution >= 0.6 is 0 Å². The number of aliphatic hydroxyl groups is 1. The lowest BCUT2D eigenvalue weighted by Gasteiger charge is -2.56. The summed E-state index contributed by atoms with van der Waals surface area (Å²) in [6, 6.07) is 22.6. The van der Waals surface area contributed by atoms with Gasteiger partial charge in [-0.05, 0) is 66.4 Å². The van der Waals surface area contributed by atoms with E-state index in [2.05, 4.69) is 34.1 Å². The molecule has 2 aliphatic rings. The quantitative estimate of drug-likeness (QED) is 0.416. The molecule has 4 nitrogen and oxygen atoms in total. The monoisotopic (exact) mass is 456 g/mol. The van der Waals surface area contributed by atoms with Gasteiger partial charge in [0.25, 0.3) is 0 Å². The summed E-state index contributed by atoms with van der Waals surface area (Å²) in [5.41, 5.74) is 3.67. The van der Waals surface area contributed by atoms with Crippen LogP contribution in [0.5, 0.6) is 5.75 Å². The molecule has 0 amide bonds. The molecule has 6 rings (SSSR count). The van der Waals surface area contributed by atoms with Crippen molar-refractivity contribution in [2.75, 3.05) is 19.6 Å². The van der Waals surface area contributed by atoms with Crippen molar-refractivity contribution >= 4 is 10.9 Å². The minimum atomic E-state index is -1.04. The number of halogens is 1. The fourth-order valence-corrected chi connectivity index (χ4v) is 6.32. The van der Waals surface area contributed by atoms with Crippen molar-refractivity contribution in [2.24, 2.45) is 0 Å². The van der Waals surface area contributed by atoms with Crippen LogP contribution in [0.4, 0.5) is 4.39 Å². The van der Waals surface area contributed by atoms with Crippen LogP contribution in [0.1, 0.15) is 28.8 Å². The van der Waals surface area contributed by atoms with E-state index in [-0.39, 0.29) is 11.6 Å². The Morgan fingerprint density at radius 1 is 0.971 bits per heavy atom. The number of benzene rings is 3. The van der Waals surface area contributed by atoms with Crippen LogP contribution in [0.25, 0.3) is 10.9 Å². The van der Waals surface area contributed by atoms with Gasteiger partial charge in [-0.2, -0.15) is 0 Å². The number of hydrogen-bond donors (Lipinski definition) is 3. The third-order valence-electron chi connectivity index (χ3n) is 8.09. The molecule has 3 aromatic carbocycles. The lowest BCUT2D eigenvalue weighted by molar-refractivity contribution is -0.102. The molecule has 174 valence electrons. The molecular formula is C29H29FN2O2. The molecule has 34 heavy (non-hydrogen) atoms. The Kier molecular flexibility index (Phi) is 5.01. The van der Waals surface area contributed by atoms with Gasteiger partial charge in [0.05, 0.1) is 5.60 Å². The maximum absolute atomic E-state index is 14.1. The van der Waals surface area contributed by atoms with E-state index in [1.165, 1.54) is 11.6 Å².